The van der Waals surface area contributed by atoms with Gasteiger partial charge in [-0.3, -0.25) is 0 Å². The maximum atomic E-state index is 6.89. The number of hydrogen-bond acceptors (Lipinski definition) is 1. The highest BCUT2D eigenvalue weighted by Crippen LogP contribution is 2.55. The molecule has 7 rings (SSSR count). The number of fused-ring (bicyclic) bond motifs is 8. The smallest absolute Gasteiger partial charge is 0.163 e. The Morgan fingerprint density at radius 2 is 1.54 bits per heavy atom. The summed E-state index contributed by atoms with van der Waals surface area (Å²) >= 11 is 6.89. The van der Waals surface area contributed by atoms with E-state index in [0.29, 0.717) is 0 Å². The van der Waals surface area contributed by atoms with Crippen molar-refractivity contribution < 1.29 is 4.57 Å². The first-order valence-electron chi connectivity index (χ1n) is 15.1. The summed E-state index contributed by atoms with van der Waals surface area (Å²) in [5, 5.41) is 6.51. The molecule has 0 radical (unpaired) electrons. The minimum Gasteiger partial charge on any atom is -0.163 e. The summed E-state index contributed by atoms with van der Waals surface area (Å²) in [5.41, 5.74) is 9.06. The number of unbranched alkanes of at least 4 members (excludes halogenated alkanes) is 1. The summed E-state index contributed by atoms with van der Waals surface area (Å²) in [5.74, 6) is 0. The summed E-state index contributed by atoms with van der Waals surface area (Å²) in [6.45, 7) is 11.6. The molecule has 0 aliphatic carbocycles. The molecule has 1 nitrogen and oxygen atoms in total. The molecule has 0 bridgehead atoms. The Balaban J connectivity index is 1.50. The van der Waals surface area contributed by atoms with Gasteiger partial charge in [-0.25, -0.2) is 0 Å². The van der Waals surface area contributed by atoms with Crippen LogP contribution in [0, 0.1) is 0 Å². The van der Waals surface area contributed by atoms with Gasteiger partial charge in [0.25, 0.3) is 0 Å². The van der Waals surface area contributed by atoms with Crippen LogP contribution in [0.15, 0.2) is 104 Å². The fourth-order valence-corrected chi connectivity index (χ4v) is 11.8. The first-order valence-corrected chi connectivity index (χ1v) is 17.9. The highest BCUT2D eigenvalue weighted by atomic mass is 32.4. The molecule has 0 saturated carbocycles. The number of hydrogen-bond donors (Lipinski definition) is 0. The highest BCUT2D eigenvalue weighted by Gasteiger charge is 2.47. The number of rotatable bonds is 6. The van der Waals surface area contributed by atoms with Gasteiger partial charge < -0.3 is 0 Å². The van der Waals surface area contributed by atoms with E-state index in [9.17, 15) is 0 Å². The highest BCUT2D eigenvalue weighted by molar-refractivity contribution is 8.26. The summed E-state index contributed by atoms with van der Waals surface area (Å²) < 4.78 is 2.36. The zero-order valence-electron chi connectivity index (χ0n) is 24.3. The van der Waals surface area contributed by atoms with Gasteiger partial charge in [0.05, 0.1) is 16.4 Å². The molecule has 1 aromatic heterocycles. The standard InChI is InChI=1S/C38H37NPS/c1-5-8-13-27-18-21-36-33(24-27)31-16-11-12-17-35(31)40(36,41)29-19-20-32-34(25-29)38(6-2,7-3)26(4)39-23-22-28-14-9-10-15-30(28)37(32)39/h9-12,14-25H,4-8,13H2,1-3H3/q+1. The van der Waals surface area contributed by atoms with Crippen molar-refractivity contribution >= 4 is 50.2 Å². The van der Waals surface area contributed by atoms with Crippen molar-refractivity contribution in [1.29, 1.82) is 0 Å². The van der Waals surface area contributed by atoms with E-state index in [1.54, 1.807) is 0 Å². The molecular formula is C38H37NPS+. The van der Waals surface area contributed by atoms with Crippen LogP contribution in [0.5, 0.6) is 0 Å². The minimum atomic E-state index is -2.23. The normalized spacial score (nSPS) is 18.1. The fourth-order valence-electron chi connectivity index (χ4n) is 7.47. The number of benzene rings is 4. The average Bonchev–Trinajstić information content (AvgIpc) is 3.28. The number of pyridine rings is 1. The molecule has 1 atom stereocenters. The van der Waals surface area contributed by atoms with Crippen LogP contribution in [0.2, 0.25) is 0 Å². The van der Waals surface area contributed by atoms with Crippen LogP contribution >= 0.6 is 6.04 Å². The largest absolute Gasteiger partial charge is 0.226 e. The van der Waals surface area contributed by atoms with Gasteiger partial charge in [-0.15, -0.1) is 0 Å². The molecule has 0 saturated heterocycles. The molecule has 0 amide bonds. The zero-order chi connectivity index (χ0) is 28.4. The lowest BCUT2D eigenvalue weighted by Crippen LogP contribution is -2.49. The van der Waals surface area contributed by atoms with E-state index >= 15 is 0 Å². The van der Waals surface area contributed by atoms with E-state index in [-0.39, 0.29) is 5.41 Å². The number of nitrogens with zero attached hydrogens (tertiary/aromatic N) is 1. The molecule has 0 fully saturated rings. The molecule has 2 aliphatic heterocycles. The number of aryl methyl sites for hydroxylation is 1. The Labute approximate surface area is 249 Å². The van der Waals surface area contributed by atoms with Crippen LogP contribution in [-0.2, 0) is 23.6 Å². The molecule has 2 aliphatic rings. The second-order valence-electron chi connectivity index (χ2n) is 11.7. The summed E-state index contributed by atoms with van der Waals surface area (Å²) in [7, 11) is 0. The van der Waals surface area contributed by atoms with E-state index < -0.39 is 6.04 Å². The van der Waals surface area contributed by atoms with Gasteiger partial charge in [-0.2, -0.15) is 4.57 Å². The van der Waals surface area contributed by atoms with Crippen molar-refractivity contribution in [3.63, 3.8) is 0 Å². The average molecular weight is 571 g/mol. The van der Waals surface area contributed by atoms with Crippen molar-refractivity contribution in [2.24, 2.45) is 0 Å². The van der Waals surface area contributed by atoms with Crippen LogP contribution in [0.4, 0.5) is 0 Å². The fraction of sp³-hybridized carbons (Fsp3) is 0.237. The lowest BCUT2D eigenvalue weighted by molar-refractivity contribution is -0.576. The summed E-state index contributed by atoms with van der Waals surface area (Å²) in [6.07, 6.45) is 7.76. The number of aromatic nitrogens is 1. The Morgan fingerprint density at radius 1 is 0.780 bits per heavy atom. The molecule has 1 unspecified atom stereocenters. The lowest BCUT2D eigenvalue weighted by atomic mass is 9.69. The summed E-state index contributed by atoms with van der Waals surface area (Å²) in [6, 6.07) is 32.0. The molecule has 0 spiro atoms. The van der Waals surface area contributed by atoms with Gasteiger partial charge in [-0.05, 0) is 83.4 Å². The van der Waals surface area contributed by atoms with Crippen LogP contribution < -0.4 is 20.5 Å². The van der Waals surface area contributed by atoms with Crippen molar-refractivity contribution in [2.75, 3.05) is 0 Å². The third-order valence-electron chi connectivity index (χ3n) is 9.80. The Bertz CT molecular complexity index is 1910. The molecule has 41 heavy (non-hydrogen) atoms. The molecule has 3 heteroatoms. The quantitative estimate of drug-likeness (QED) is 0.144. The Morgan fingerprint density at radius 3 is 2.34 bits per heavy atom. The van der Waals surface area contributed by atoms with Crippen molar-refractivity contribution in [1.82, 2.24) is 0 Å². The SMILES string of the molecule is C=C1[n+]2ccc3ccccc3c2-c2ccc(P3(=S)c4ccccc4-c4cc(CCCC)ccc43)cc2C1(CC)CC. The zero-order valence-corrected chi connectivity index (χ0v) is 26.0. The van der Waals surface area contributed by atoms with Crippen molar-refractivity contribution in [2.45, 2.75) is 58.3 Å². The first-order chi connectivity index (χ1) is 20.0. The monoisotopic (exact) mass is 570 g/mol. The van der Waals surface area contributed by atoms with E-state index in [0.717, 1.165) is 25.0 Å². The van der Waals surface area contributed by atoms with Crippen molar-refractivity contribution in [3.05, 3.63) is 115 Å². The van der Waals surface area contributed by atoms with E-state index in [1.165, 1.54) is 73.0 Å². The predicted octanol–water partition coefficient (Wildman–Crippen LogP) is 8.42. The van der Waals surface area contributed by atoms with Crippen LogP contribution in [0.25, 0.3) is 38.9 Å². The molecule has 5 aromatic rings. The maximum Gasteiger partial charge on any atom is 0.226 e. The van der Waals surface area contributed by atoms with Gasteiger partial charge in [0.1, 0.15) is 0 Å². The minimum absolute atomic E-state index is 0.147. The van der Waals surface area contributed by atoms with Crippen LogP contribution in [0.1, 0.15) is 57.6 Å². The topological polar surface area (TPSA) is 3.88 Å². The maximum absolute atomic E-state index is 6.89. The first kappa shape index (κ1) is 26.6. The third kappa shape index (κ3) is 3.67. The second-order valence-corrected chi connectivity index (χ2v) is 16.0. The number of allylic oxidation sites excluding steroid dienone is 1. The van der Waals surface area contributed by atoms with Gasteiger partial charge >= 0.3 is 0 Å². The van der Waals surface area contributed by atoms with Gasteiger partial charge in [0, 0.05) is 22.7 Å². The molecule has 204 valence electrons. The Kier molecular flexibility index (Phi) is 6.42. The van der Waals surface area contributed by atoms with E-state index in [2.05, 4.69) is 123 Å². The molecule has 3 heterocycles. The van der Waals surface area contributed by atoms with Crippen LogP contribution in [-0.4, -0.2) is 0 Å². The molecule has 0 N–H and O–H groups in total. The van der Waals surface area contributed by atoms with Gasteiger partial charge in [0.15, 0.2) is 11.9 Å². The predicted molar refractivity (Wildman–Crippen MR) is 181 cm³/mol. The van der Waals surface area contributed by atoms with Gasteiger partial charge in [-0.1, -0.05) is 106 Å². The second kappa shape index (κ2) is 9.90. The lowest BCUT2D eigenvalue weighted by Gasteiger charge is -2.37. The van der Waals surface area contributed by atoms with Crippen molar-refractivity contribution in [3.8, 4) is 22.4 Å². The van der Waals surface area contributed by atoms with Crippen LogP contribution in [0.3, 0.4) is 0 Å². The van der Waals surface area contributed by atoms with E-state index in [4.69, 9.17) is 18.4 Å². The molecule has 4 aromatic carbocycles. The van der Waals surface area contributed by atoms with Gasteiger partial charge in [0.2, 0.25) is 5.69 Å². The molecular weight excluding hydrogens is 533 g/mol. The Hall–Kier alpha value is -3.32. The van der Waals surface area contributed by atoms with E-state index in [1.807, 2.05) is 0 Å². The summed E-state index contributed by atoms with van der Waals surface area (Å²) in [4.78, 5) is 0. The third-order valence-corrected chi connectivity index (χ3v) is 14.8.